The average molecular weight is 412 g/mol. The normalized spacial score (nSPS) is 14.2. The van der Waals surface area contributed by atoms with Gasteiger partial charge in [0, 0.05) is 18.2 Å². The van der Waals surface area contributed by atoms with Gasteiger partial charge in [0.1, 0.15) is 11.4 Å². The van der Waals surface area contributed by atoms with Crippen LogP contribution in [0.5, 0.6) is 0 Å². The minimum absolute atomic E-state index is 0.120. The molecule has 148 valence electrons. The monoisotopic (exact) mass is 412 g/mol. The van der Waals surface area contributed by atoms with Gasteiger partial charge in [0.05, 0.1) is 0 Å². The summed E-state index contributed by atoms with van der Waals surface area (Å²) in [5, 5.41) is 7.78. The molecule has 10 heteroatoms. The fraction of sp³-hybridized carbons (Fsp3) is 0.158. The zero-order chi connectivity index (χ0) is 20.4. The highest BCUT2D eigenvalue weighted by atomic mass is 32.2. The van der Waals surface area contributed by atoms with Crippen LogP contribution in [0.15, 0.2) is 68.3 Å². The molecule has 9 nitrogen and oxygen atoms in total. The van der Waals surface area contributed by atoms with E-state index in [1.807, 2.05) is 30.3 Å². The third-order valence-electron chi connectivity index (χ3n) is 4.18. The van der Waals surface area contributed by atoms with Crippen molar-refractivity contribution in [3.8, 4) is 11.5 Å². The third kappa shape index (κ3) is 3.87. The Balaban J connectivity index is 1.38. The largest absolute Gasteiger partial charge is 0.454 e. The molecule has 2 heterocycles. The highest BCUT2D eigenvalue weighted by molar-refractivity contribution is 7.90. The highest BCUT2D eigenvalue weighted by Crippen LogP contribution is 2.26. The number of fused-ring (bicyclic) bond motifs is 1. The van der Waals surface area contributed by atoms with Crippen LogP contribution >= 0.6 is 0 Å². The van der Waals surface area contributed by atoms with Gasteiger partial charge in [-0.2, -0.15) is 8.42 Å². The molecule has 29 heavy (non-hydrogen) atoms. The number of likely N-dealkylation sites (N-methyl/N-ethyl adjacent to an activating group) is 1. The Morgan fingerprint density at radius 1 is 1.07 bits per heavy atom. The van der Waals surface area contributed by atoms with Crippen LogP contribution in [0.25, 0.3) is 11.5 Å². The Hall–Kier alpha value is -3.53. The molecule has 1 aliphatic heterocycles. The first-order chi connectivity index (χ1) is 13.9. The van der Waals surface area contributed by atoms with E-state index >= 15 is 0 Å². The zero-order valence-electron chi connectivity index (χ0n) is 15.3. The summed E-state index contributed by atoms with van der Waals surface area (Å²) in [7, 11) is -2.19. The number of sulfonamides is 1. The number of rotatable bonds is 5. The first-order valence-electron chi connectivity index (χ1n) is 8.63. The van der Waals surface area contributed by atoms with Crippen LogP contribution in [-0.2, 0) is 26.2 Å². The van der Waals surface area contributed by atoms with E-state index in [4.69, 9.17) is 9.15 Å². The van der Waals surface area contributed by atoms with Crippen LogP contribution < -0.4 is 0 Å². The fourth-order valence-corrected chi connectivity index (χ4v) is 4.08. The second kappa shape index (κ2) is 7.47. The van der Waals surface area contributed by atoms with Crippen LogP contribution in [0.2, 0.25) is 0 Å². The molecular weight excluding hydrogens is 396 g/mol. The molecule has 1 aromatic heterocycles. The molecule has 0 atom stereocenters. The van der Waals surface area contributed by atoms with Crippen LogP contribution in [0.4, 0.5) is 0 Å². The van der Waals surface area contributed by atoms with E-state index in [1.165, 1.54) is 11.0 Å². The average Bonchev–Trinajstić information content (AvgIpc) is 3.30. The van der Waals surface area contributed by atoms with Gasteiger partial charge in [-0.3, -0.25) is 4.79 Å². The topological polar surface area (TPSA) is 115 Å². The van der Waals surface area contributed by atoms with Gasteiger partial charge in [-0.05, 0) is 24.3 Å². The predicted octanol–water partition coefficient (Wildman–Crippen LogP) is 1.86. The van der Waals surface area contributed by atoms with E-state index in [0.717, 1.165) is 5.56 Å². The molecule has 0 bridgehead atoms. The molecular formula is C19H16N4O5S. The van der Waals surface area contributed by atoms with Gasteiger partial charge in [0.2, 0.25) is 5.89 Å². The van der Waals surface area contributed by atoms with Gasteiger partial charge in [0.25, 0.3) is 15.9 Å². The molecule has 0 N–H and O–H groups in total. The summed E-state index contributed by atoms with van der Waals surface area (Å²) >= 11 is 0. The van der Waals surface area contributed by atoms with E-state index < -0.39 is 16.0 Å². The lowest BCUT2D eigenvalue weighted by atomic mass is 10.2. The fourth-order valence-electron chi connectivity index (χ4n) is 2.83. The number of carbonyl (C=O) groups excluding carboxylic acids is 1. The van der Waals surface area contributed by atoms with Crippen molar-refractivity contribution in [2.75, 3.05) is 13.6 Å². The molecule has 0 saturated carbocycles. The van der Waals surface area contributed by atoms with E-state index in [0.29, 0.717) is 11.5 Å². The molecule has 3 aromatic rings. The Kier molecular flexibility index (Phi) is 4.85. The maximum Gasteiger partial charge on any atom is 0.326 e. The van der Waals surface area contributed by atoms with Crippen LogP contribution in [0, 0.1) is 0 Å². The van der Waals surface area contributed by atoms with Crippen LogP contribution in [0.1, 0.15) is 11.5 Å². The predicted molar refractivity (Wildman–Crippen MR) is 102 cm³/mol. The number of ether oxygens (including phenoxy) is 1. The van der Waals surface area contributed by atoms with Crippen molar-refractivity contribution < 1.29 is 22.4 Å². The van der Waals surface area contributed by atoms with Gasteiger partial charge in [-0.1, -0.05) is 30.3 Å². The van der Waals surface area contributed by atoms with Crippen molar-refractivity contribution in [2.24, 2.45) is 4.40 Å². The summed E-state index contributed by atoms with van der Waals surface area (Å²) < 4.78 is 38.7. The molecule has 0 unspecified atom stereocenters. The molecule has 0 saturated heterocycles. The van der Waals surface area contributed by atoms with E-state index in [1.54, 1.807) is 25.2 Å². The number of carbonyl (C=O) groups is 1. The summed E-state index contributed by atoms with van der Waals surface area (Å²) in [4.78, 5) is 13.7. The Labute approximate surface area is 166 Å². The van der Waals surface area contributed by atoms with Gasteiger partial charge >= 0.3 is 5.97 Å². The van der Waals surface area contributed by atoms with Gasteiger partial charge < -0.3 is 14.1 Å². The van der Waals surface area contributed by atoms with Crippen molar-refractivity contribution in [3.63, 3.8) is 0 Å². The smallest absolute Gasteiger partial charge is 0.326 e. The molecule has 4 rings (SSSR count). The molecule has 2 aromatic carbocycles. The summed E-state index contributed by atoms with van der Waals surface area (Å²) in [5.41, 5.74) is 1.21. The quantitative estimate of drug-likeness (QED) is 0.583. The van der Waals surface area contributed by atoms with Gasteiger partial charge in [-0.25, -0.2) is 0 Å². The molecule has 0 aliphatic carbocycles. The number of hydrogen-bond acceptors (Lipinski definition) is 8. The second-order valence-corrected chi connectivity index (χ2v) is 7.84. The van der Waals surface area contributed by atoms with Crippen LogP contribution in [-0.4, -0.2) is 48.9 Å². The number of amidine groups is 1. The first kappa shape index (κ1) is 18.8. The number of hydrogen-bond donors (Lipinski definition) is 0. The lowest BCUT2D eigenvalue weighted by Crippen LogP contribution is -2.33. The van der Waals surface area contributed by atoms with E-state index in [-0.39, 0.29) is 29.8 Å². The Bertz CT molecular complexity index is 1190. The van der Waals surface area contributed by atoms with Crippen molar-refractivity contribution in [2.45, 2.75) is 11.5 Å². The zero-order valence-corrected chi connectivity index (χ0v) is 16.2. The van der Waals surface area contributed by atoms with Gasteiger partial charge in [-0.15, -0.1) is 14.6 Å². The number of benzene rings is 2. The van der Waals surface area contributed by atoms with Gasteiger partial charge in [0.15, 0.2) is 12.4 Å². The summed E-state index contributed by atoms with van der Waals surface area (Å²) in [5.74, 6) is 0.0972. The Morgan fingerprint density at radius 3 is 2.59 bits per heavy atom. The minimum atomic E-state index is -3.75. The Morgan fingerprint density at radius 2 is 1.79 bits per heavy atom. The lowest BCUT2D eigenvalue weighted by molar-refractivity contribution is -0.145. The maximum atomic E-state index is 12.2. The summed E-state index contributed by atoms with van der Waals surface area (Å²) in [6.45, 7) is -0.379. The lowest BCUT2D eigenvalue weighted by Gasteiger charge is -2.17. The number of aromatic nitrogens is 2. The van der Waals surface area contributed by atoms with Crippen LogP contribution in [0.3, 0.4) is 0 Å². The minimum Gasteiger partial charge on any atom is -0.454 e. The third-order valence-corrected chi connectivity index (χ3v) is 5.51. The molecule has 1 aliphatic rings. The molecule has 0 radical (unpaired) electrons. The van der Waals surface area contributed by atoms with Crippen molar-refractivity contribution in [1.29, 1.82) is 0 Å². The van der Waals surface area contributed by atoms with Crippen molar-refractivity contribution in [1.82, 2.24) is 15.1 Å². The number of esters is 1. The maximum absolute atomic E-state index is 12.2. The van der Waals surface area contributed by atoms with E-state index in [9.17, 15) is 13.2 Å². The summed E-state index contributed by atoms with van der Waals surface area (Å²) in [6.07, 6.45) is 0. The number of nitrogens with zero attached hydrogens (tertiary/aromatic N) is 4. The van der Waals surface area contributed by atoms with Crippen molar-refractivity contribution >= 4 is 21.8 Å². The highest BCUT2D eigenvalue weighted by Gasteiger charge is 2.31. The SMILES string of the molecule is CN(CC(=O)OCc1nnc(-c2ccccc2)o1)C1=NS(=O)(=O)c2ccccc21. The molecule has 0 amide bonds. The molecule has 0 spiro atoms. The van der Waals surface area contributed by atoms with Crippen molar-refractivity contribution in [3.05, 3.63) is 66.1 Å². The molecule has 0 fully saturated rings. The summed E-state index contributed by atoms with van der Waals surface area (Å²) in [6, 6.07) is 15.7. The standard InChI is InChI=1S/C19H16N4O5S/c1-23(18-14-9-5-6-10-15(14)29(25,26)22-18)11-17(24)27-12-16-20-21-19(28-16)13-7-3-2-4-8-13/h2-10H,11-12H2,1H3. The van der Waals surface area contributed by atoms with E-state index in [2.05, 4.69) is 14.6 Å². The second-order valence-electron chi connectivity index (χ2n) is 6.27. The first-order valence-corrected chi connectivity index (χ1v) is 10.1.